The van der Waals surface area contributed by atoms with Gasteiger partial charge >= 0.3 is 5.97 Å². The lowest BCUT2D eigenvalue weighted by atomic mass is 10.3. The zero-order valence-corrected chi connectivity index (χ0v) is 9.04. The quantitative estimate of drug-likeness (QED) is 0.593. The first-order valence-corrected chi connectivity index (χ1v) is 5.98. The van der Waals surface area contributed by atoms with Crippen LogP contribution in [0.1, 0.15) is 19.8 Å². The molecule has 0 radical (unpaired) electrons. The monoisotopic (exact) mass is 236 g/mol. The molecule has 7 heteroatoms. The highest BCUT2D eigenvalue weighted by Crippen LogP contribution is 1.98. The van der Waals surface area contributed by atoms with Crippen LogP contribution in [0.3, 0.4) is 0 Å². The Kier molecular flexibility index (Phi) is 5.13. The number of Topliss-reactive ketones (excluding diaryl/α,β-unsaturated/α-hetero) is 2. The molecule has 0 rings (SSSR count). The summed E-state index contributed by atoms with van der Waals surface area (Å²) < 4.78 is 22.3. The van der Waals surface area contributed by atoms with E-state index in [0.717, 1.165) is 0 Å². The van der Waals surface area contributed by atoms with Crippen molar-refractivity contribution in [3.63, 3.8) is 0 Å². The Morgan fingerprint density at radius 2 is 1.73 bits per heavy atom. The lowest BCUT2D eigenvalue weighted by Crippen LogP contribution is -2.21. The molecule has 0 bridgehead atoms. The lowest BCUT2D eigenvalue weighted by Gasteiger charge is -2.00. The summed E-state index contributed by atoms with van der Waals surface area (Å²) >= 11 is 0. The fourth-order valence-electron chi connectivity index (χ4n) is 0.836. The number of sulfone groups is 1. The van der Waals surface area contributed by atoms with E-state index < -0.39 is 39.5 Å². The Balaban J connectivity index is 4.20. The van der Waals surface area contributed by atoms with E-state index in [1.165, 1.54) is 6.92 Å². The van der Waals surface area contributed by atoms with E-state index in [4.69, 9.17) is 5.11 Å². The number of hydrogen-bond donors (Lipinski definition) is 1. The minimum atomic E-state index is -3.66. The van der Waals surface area contributed by atoms with Crippen molar-refractivity contribution in [3.05, 3.63) is 0 Å². The van der Waals surface area contributed by atoms with Crippen LogP contribution in [0.5, 0.6) is 0 Å². The summed E-state index contributed by atoms with van der Waals surface area (Å²) in [7, 11) is -3.66. The van der Waals surface area contributed by atoms with Gasteiger partial charge in [-0.1, -0.05) is 0 Å². The summed E-state index contributed by atoms with van der Waals surface area (Å²) in [6, 6.07) is 0. The maximum absolute atomic E-state index is 11.2. The van der Waals surface area contributed by atoms with Crippen molar-refractivity contribution in [1.29, 1.82) is 0 Å². The largest absolute Gasteiger partial charge is 0.481 e. The van der Waals surface area contributed by atoms with Crippen LogP contribution in [0.15, 0.2) is 0 Å². The molecule has 0 heterocycles. The van der Waals surface area contributed by atoms with Gasteiger partial charge in [-0.2, -0.15) is 0 Å². The molecule has 0 fully saturated rings. The van der Waals surface area contributed by atoms with Crippen molar-refractivity contribution in [1.82, 2.24) is 0 Å². The third-order valence-electron chi connectivity index (χ3n) is 1.49. The van der Waals surface area contributed by atoms with Crippen LogP contribution in [-0.2, 0) is 24.2 Å². The average Bonchev–Trinajstić information content (AvgIpc) is 1.98. The van der Waals surface area contributed by atoms with Crippen LogP contribution in [0.4, 0.5) is 0 Å². The van der Waals surface area contributed by atoms with E-state index in [1.807, 2.05) is 0 Å². The molecule has 0 unspecified atom stereocenters. The van der Waals surface area contributed by atoms with Crippen LogP contribution in [-0.4, -0.2) is 42.6 Å². The predicted octanol–water partition coefficient (Wildman–Crippen LogP) is -0.576. The van der Waals surface area contributed by atoms with Crippen molar-refractivity contribution in [2.45, 2.75) is 19.8 Å². The fraction of sp³-hybridized carbons (Fsp3) is 0.625. The van der Waals surface area contributed by atoms with Gasteiger partial charge in [-0.3, -0.25) is 14.4 Å². The Morgan fingerprint density at radius 1 is 1.20 bits per heavy atom. The molecule has 0 aliphatic carbocycles. The molecule has 0 aliphatic rings. The number of carboxylic acids is 1. The van der Waals surface area contributed by atoms with Crippen LogP contribution < -0.4 is 0 Å². The number of carboxylic acid groups (broad SMARTS) is 1. The van der Waals surface area contributed by atoms with E-state index in [9.17, 15) is 22.8 Å². The van der Waals surface area contributed by atoms with Crippen molar-refractivity contribution < 1.29 is 27.9 Å². The predicted molar refractivity (Wildman–Crippen MR) is 51.2 cm³/mol. The second-order valence-electron chi connectivity index (χ2n) is 3.15. The van der Waals surface area contributed by atoms with Gasteiger partial charge in [0.25, 0.3) is 0 Å². The van der Waals surface area contributed by atoms with Gasteiger partial charge in [0.05, 0.1) is 5.75 Å². The minimum Gasteiger partial charge on any atom is -0.481 e. The summed E-state index contributed by atoms with van der Waals surface area (Å²) in [6.07, 6.45) is -0.956. The third kappa shape index (κ3) is 7.80. The number of carbonyl (C=O) groups excluding carboxylic acids is 2. The highest BCUT2D eigenvalue weighted by atomic mass is 32.2. The molecule has 86 valence electrons. The molecule has 1 N–H and O–H groups in total. The van der Waals surface area contributed by atoms with E-state index in [1.54, 1.807) is 0 Å². The summed E-state index contributed by atoms with van der Waals surface area (Å²) in [5.74, 6) is -3.74. The molecule has 0 saturated carbocycles. The van der Waals surface area contributed by atoms with E-state index in [2.05, 4.69) is 0 Å². The van der Waals surface area contributed by atoms with Gasteiger partial charge < -0.3 is 5.11 Å². The topological polar surface area (TPSA) is 106 Å². The Bertz CT molecular complexity index is 367. The van der Waals surface area contributed by atoms with Gasteiger partial charge in [0.1, 0.15) is 18.0 Å². The molecule has 0 atom stereocenters. The molecule has 0 aromatic carbocycles. The van der Waals surface area contributed by atoms with Gasteiger partial charge in [-0.15, -0.1) is 0 Å². The number of carbonyl (C=O) groups is 3. The second kappa shape index (κ2) is 5.59. The minimum absolute atomic E-state index is 0.150. The average molecular weight is 236 g/mol. The third-order valence-corrected chi connectivity index (χ3v) is 3.08. The maximum Gasteiger partial charge on any atom is 0.310 e. The Morgan fingerprint density at radius 3 is 2.13 bits per heavy atom. The van der Waals surface area contributed by atoms with Crippen LogP contribution in [0.2, 0.25) is 0 Å². The molecule has 0 aromatic rings. The molecular weight excluding hydrogens is 224 g/mol. The van der Waals surface area contributed by atoms with Gasteiger partial charge in [0.15, 0.2) is 15.6 Å². The first-order chi connectivity index (χ1) is 6.73. The van der Waals surface area contributed by atoms with E-state index in [0.29, 0.717) is 0 Å². The molecular formula is C8H12O6S. The number of rotatable bonds is 7. The van der Waals surface area contributed by atoms with Gasteiger partial charge in [0.2, 0.25) is 0 Å². The van der Waals surface area contributed by atoms with Crippen LogP contribution in [0.25, 0.3) is 0 Å². The smallest absolute Gasteiger partial charge is 0.310 e. The zero-order chi connectivity index (χ0) is 12.1. The van der Waals surface area contributed by atoms with Crippen molar-refractivity contribution in [2.24, 2.45) is 0 Å². The van der Waals surface area contributed by atoms with Crippen molar-refractivity contribution in [3.8, 4) is 0 Å². The fourth-order valence-corrected chi connectivity index (χ4v) is 2.17. The number of hydrogen-bond acceptors (Lipinski definition) is 5. The summed E-state index contributed by atoms with van der Waals surface area (Å²) in [4.78, 5) is 31.5. The lowest BCUT2D eigenvalue weighted by molar-refractivity contribution is -0.139. The Labute approximate surface area is 87.2 Å². The standard InChI is InChI=1S/C8H12O6S/c1-6(9)2-3-15(13,14)5-7(10)4-8(11)12/h2-5H2,1H3,(H,11,12). The molecule has 6 nitrogen and oxygen atoms in total. The van der Waals surface area contributed by atoms with Crippen molar-refractivity contribution >= 4 is 27.4 Å². The molecule has 0 aliphatic heterocycles. The van der Waals surface area contributed by atoms with E-state index in [-0.39, 0.29) is 12.2 Å². The Hall–Kier alpha value is -1.24. The highest BCUT2D eigenvalue weighted by Gasteiger charge is 2.18. The number of aliphatic carboxylic acids is 1. The second-order valence-corrected chi connectivity index (χ2v) is 5.34. The molecule has 0 spiro atoms. The van der Waals surface area contributed by atoms with Crippen molar-refractivity contribution in [2.75, 3.05) is 11.5 Å². The zero-order valence-electron chi connectivity index (χ0n) is 8.23. The maximum atomic E-state index is 11.2. The number of ketones is 2. The normalized spacial score (nSPS) is 11.0. The first-order valence-electron chi connectivity index (χ1n) is 4.16. The molecule has 0 amide bonds. The summed E-state index contributed by atoms with van der Waals surface area (Å²) in [5, 5.41) is 8.23. The highest BCUT2D eigenvalue weighted by molar-refractivity contribution is 7.92. The van der Waals surface area contributed by atoms with Crippen LogP contribution in [0, 0.1) is 0 Å². The SMILES string of the molecule is CC(=O)CCS(=O)(=O)CC(=O)CC(=O)O. The summed E-state index contributed by atoms with van der Waals surface area (Å²) in [6.45, 7) is 1.24. The van der Waals surface area contributed by atoms with Gasteiger partial charge in [-0.25, -0.2) is 8.42 Å². The molecule has 15 heavy (non-hydrogen) atoms. The molecule has 0 aromatic heterocycles. The van der Waals surface area contributed by atoms with Gasteiger partial charge in [0, 0.05) is 6.42 Å². The van der Waals surface area contributed by atoms with Gasteiger partial charge in [-0.05, 0) is 6.92 Å². The summed E-state index contributed by atoms with van der Waals surface area (Å²) in [5.41, 5.74) is 0. The molecule has 0 saturated heterocycles. The van der Waals surface area contributed by atoms with Crippen LogP contribution >= 0.6 is 0 Å². The first kappa shape index (κ1) is 13.8. The van der Waals surface area contributed by atoms with E-state index >= 15 is 0 Å².